The minimum absolute atomic E-state index is 0.473. The van der Waals surface area contributed by atoms with Gasteiger partial charge in [0.25, 0.3) is 0 Å². The van der Waals surface area contributed by atoms with Crippen molar-refractivity contribution >= 4 is 15.9 Å². The van der Waals surface area contributed by atoms with Crippen molar-refractivity contribution in [3.8, 4) is 11.5 Å². The third kappa shape index (κ3) is 1.92. The first-order valence-corrected chi connectivity index (χ1v) is 6.12. The fraction of sp³-hybridized carbons (Fsp3) is 0.500. The topological polar surface area (TPSA) is 30.5 Å². The third-order valence-electron chi connectivity index (χ3n) is 2.97. The molecule has 1 aliphatic heterocycles. The van der Waals surface area contributed by atoms with Gasteiger partial charge in [-0.3, -0.25) is 0 Å². The van der Waals surface area contributed by atoms with Gasteiger partial charge in [0, 0.05) is 22.6 Å². The quantitative estimate of drug-likeness (QED) is 0.906. The van der Waals surface area contributed by atoms with Crippen LogP contribution in [0.2, 0.25) is 0 Å². The summed E-state index contributed by atoms with van der Waals surface area (Å²) in [6.45, 7) is 3.05. The van der Waals surface area contributed by atoms with E-state index in [0.29, 0.717) is 6.04 Å². The van der Waals surface area contributed by atoms with E-state index in [0.717, 1.165) is 28.9 Å². The van der Waals surface area contributed by atoms with Gasteiger partial charge in [0.1, 0.15) is 0 Å². The standard InChI is InChI=1S/C12H16BrNO2/c1-7-4-8-9(6-14-7)10(13)5-11(15-2)12(8)16-3/h5,7,14H,4,6H2,1-3H3. The Morgan fingerprint density at radius 2 is 2.06 bits per heavy atom. The molecule has 1 atom stereocenters. The van der Waals surface area contributed by atoms with Crippen LogP contribution in [-0.4, -0.2) is 20.3 Å². The molecule has 4 heteroatoms. The lowest BCUT2D eigenvalue weighted by molar-refractivity contribution is 0.346. The maximum atomic E-state index is 5.46. The van der Waals surface area contributed by atoms with Gasteiger partial charge in [-0.2, -0.15) is 0 Å². The maximum absolute atomic E-state index is 5.46. The van der Waals surface area contributed by atoms with Crippen molar-refractivity contribution in [3.63, 3.8) is 0 Å². The number of rotatable bonds is 2. The summed E-state index contributed by atoms with van der Waals surface area (Å²) in [6, 6.07) is 2.44. The third-order valence-corrected chi connectivity index (χ3v) is 3.68. The summed E-state index contributed by atoms with van der Waals surface area (Å²) in [7, 11) is 3.36. The van der Waals surface area contributed by atoms with Gasteiger partial charge in [-0.25, -0.2) is 0 Å². The molecule has 1 unspecified atom stereocenters. The first-order chi connectivity index (χ1) is 7.67. The lowest BCUT2D eigenvalue weighted by atomic mass is 9.95. The molecule has 0 radical (unpaired) electrons. The van der Waals surface area contributed by atoms with Crippen LogP contribution in [-0.2, 0) is 13.0 Å². The van der Waals surface area contributed by atoms with Crippen molar-refractivity contribution in [2.75, 3.05) is 14.2 Å². The molecule has 0 aromatic heterocycles. The minimum atomic E-state index is 0.473. The molecule has 3 nitrogen and oxygen atoms in total. The van der Waals surface area contributed by atoms with Gasteiger partial charge in [-0.15, -0.1) is 0 Å². The zero-order chi connectivity index (χ0) is 11.7. The summed E-state index contributed by atoms with van der Waals surface area (Å²) in [5.74, 6) is 1.66. The number of methoxy groups -OCH3 is 2. The van der Waals surface area contributed by atoms with Crippen molar-refractivity contribution in [2.45, 2.75) is 25.9 Å². The minimum Gasteiger partial charge on any atom is -0.493 e. The number of ether oxygens (including phenoxy) is 2. The zero-order valence-corrected chi connectivity index (χ0v) is 11.3. The first-order valence-electron chi connectivity index (χ1n) is 5.33. The Bertz CT molecular complexity index is 406. The molecule has 0 spiro atoms. The van der Waals surface area contributed by atoms with E-state index in [4.69, 9.17) is 9.47 Å². The number of hydrogen-bond donors (Lipinski definition) is 1. The number of fused-ring (bicyclic) bond motifs is 1. The van der Waals surface area contributed by atoms with E-state index in [1.165, 1.54) is 11.1 Å². The van der Waals surface area contributed by atoms with Gasteiger partial charge in [0.2, 0.25) is 0 Å². The highest BCUT2D eigenvalue weighted by atomic mass is 79.9. The molecule has 1 N–H and O–H groups in total. The van der Waals surface area contributed by atoms with Gasteiger partial charge in [0.15, 0.2) is 11.5 Å². The van der Waals surface area contributed by atoms with E-state index in [1.807, 2.05) is 6.07 Å². The van der Waals surface area contributed by atoms with Crippen LogP contribution in [0.25, 0.3) is 0 Å². The Morgan fingerprint density at radius 3 is 2.69 bits per heavy atom. The average Bonchev–Trinajstić information content (AvgIpc) is 2.28. The van der Waals surface area contributed by atoms with E-state index in [-0.39, 0.29) is 0 Å². The molecule has 1 aromatic rings. The lowest BCUT2D eigenvalue weighted by Crippen LogP contribution is -2.33. The summed E-state index contributed by atoms with van der Waals surface area (Å²) >= 11 is 3.58. The monoisotopic (exact) mass is 285 g/mol. The molecular weight excluding hydrogens is 270 g/mol. The number of halogens is 1. The van der Waals surface area contributed by atoms with Crippen LogP contribution >= 0.6 is 15.9 Å². The summed E-state index contributed by atoms with van der Waals surface area (Å²) in [5.41, 5.74) is 2.52. The maximum Gasteiger partial charge on any atom is 0.164 e. The van der Waals surface area contributed by atoms with Crippen LogP contribution < -0.4 is 14.8 Å². The molecule has 88 valence electrons. The molecule has 2 rings (SSSR count). The highest BCUT2D eigenvalue weighted by Crippen LogP contribution is 2.40. The Balaban J connectivity index is 2.57. The van der Waals surface area contributed by atoms with Crippen molar-refractivity contribution in [2.24, 2.45) is 0 Å². The molecule has 0 aliphatic carbocycles. The average molecular weight is 286 g/mol. The fourth-order valence-corrected chi connectivity index (χ4v) is 2.72. The second-order valence-corrected chi connectivity index (χ2v) is 4.89. The van der Waals surface area contributed by atoms with Crippen molar-refractivity contribution in [1.29, 1.82) is 0 Å². The van der Waals surface area contributed by atoms with Crippen LogP contribution in [0.15, 0.2) is 10.5 Å². The second kappa shape index (κ2) is 4.63. The van der Waals surface area contributed by atoms with E-state index in [1.54, 1.807) is 14.2 Å². The number of benzene rings is 1. The van der Waals surface area contributed by atoms with Gasteiger partial charge in [-0.1, -0.05) is 15.9 Å². The van der Waals surface area contributed by atoms with Crippen molar-refractivity contribution in [1.82, 2.24) is 5.32 Å². The van der Waals surface area contributed by atoms with E-state index < -0.39 is 0 Å². The largest absolute Gasteiger partial charge is 0.493 e. The summed E-state index contributed by atoms with van der Waals surface area (Å²) < 4.78 is 11.9. The van der Waals surface area contributed by atoms with E-state index in [2.05, 4.69) is 28.2 Å². The Labute approximate surface area is 104 Å². The lowest BCUT2D eigenvalue weighted by Gasteiger charge is -2.27. The summed E-state index contributed by atoms with van der Waals surface area (Å²) in [4.78, 5) is 0. The summed E-state index contributed by atoms with van der Waals surface area (Å²) in [6.07, 6.45) is 0.967. The predicted octanol–water partition coefficient (Wildman–Crippen LogP) is 2.50. The molecule has 0 amide bonds. The second-order valence-electron chi connectivity index (χ2n) is 4.04. The molecule has 0 saturated heterocycles. The zero-order valence-electron chi connectivity index (χ0n) is 9.76. The highest BCUT2D eigenvalue weighted by molar-refractivity contribution is 9.10. The fourth-order valence-electron chi connectivity index (χ4n) is 2.13. The van der Waals surface area contributed by atoms with Crippen LogP contribution in [0.4, 0.5) is 0 Å². The number of hydrogen-bond acceptors (Lipinski definition) is 3. The molecule has 16 heavy (non-hydrogen) atoms. The van der Waals surface area contributed by atoms with E-state index >= 15 is 0 Å². The molecule has 0 fully saturated rings. The van der Waals surface area contributed by atoms with Crippen LogP contribution in [0, 0.1) is 0 Å². The van der Waals surface area contributed by atoms with Crippen molar-refractivity contribution < 1.29 is 9.47 Å². The van der Waals surface area contributed by atoms with Gasteiger partial charge >= 0.3 is 0 Å². The van der Waals surface area contributed by atoms with Gasteiger partial charge < -0.3 is 14.8 Å². The smallest absolute Gasteiger partial charge is 0.164 e. The number of nitrogens with one attached hydrogen (secondary N) is 1. The molecule has 1 heterocycles. The van der Waals surface area contributed by atoms with E-state index in [9.17, 15) is 0 Å². The van der Waals surface area contributed by atoms with Crippen LogP contribution in [0.3, 0.4) is 0 Å². The SMILES string of the molecule is COc1cc(Br)c2c(c1OC)CC(C)NC2. The normalized spacial score (nSPS) is 19.1. The highest BCUT2D eigenvalue weighted by Gasteiger charge is 2.23. The van der Waals surface area contributed by atoms with Crippen LogP contribution in [0.1, 0.15) is 18.1 Å². The van der Waals surface area contributed by atoms with Gasteiger partial charge in [-0.05, 0) is 25.0 Å². The van der Waals surface area contributed by atoms with Crippen molar-refractivity contribution in [3.05, 3.63) is 21.7 Å². The Kier molecular flexibility index (Phi) is 3.40. The van der Waals surface area contributed by atoms with Gasteiger partial charge in [0.05, 0.1) is 14.2 Å². The molecule has 0 bridgehead atoms. The first kappa shape index (κ1) is 11.7. The van der Waals surface area contributed by atoms with Crippen LogP contribution in [0.5, 0.6) is 11.5 Å². The Morgan fingerprint density at radius 1 is 1.31 bits per heavy atom. The Hall–Kier alpha value is -0.740. The molecular formula is C12H16BrNO2. The predicted molar refractivity (Wildman–Crippen MR) is 67.3 cm³/mol. The molecule has 1 aliphatic rings. The molecule has 0 saturated carbocycles. The summed E-state index contributed by atoms with van der Waals surface area (Å²) in [5, 5.41) is 3.44. The molecule has 1 aromatic carbocycles.